The first-order chi connectivity index (χ1) is 41.4. The van der Waals surface area contributed by atoms with E-state index in [4.69, 9.17) is 37.0 Å². The van der Waals surface area contributed by atoms with Crippen molar-refractivity contribution in [3.05, 3.63) is 24.3 Å². The van der Waals surface area contributed by atoms with Crippen LogP contribution in [0.25, 0.3) is 0 Å². The minimum atomic E-state index is -4.96. The first kappa shape index (κ1) is 83.5. The van der Waals surface area contributed by atoms with Gasteiger partial charge in [0.1, 0.15) is 19.3 Å². The van der Waals surface area contributed by atoms with Crippen LogP contribution >= 0.6 is 15.6 Å². The third kappa shape index (κ3) is 60.5. The van der Waals surface area contributed by atoms with Gasteiger partial charge in [-0.15, -0.1) is 0 Å². The molecule has 0 aliphatic rings. The highest BCUT2D eigenvalue weighted by molar-refractivity contribution is 7.47. The zero-order valence-electron chi connectivity index (χ0n) is 55.1. The van der Waals surface area contributed by atoms with Crippen molar-refractivity contribution < 1.29 is 80.2 Å². The van der Waals surface area contributed by atoms with Crippen LogP contribution in [-0.4, -0.2) is 96.7 Å². The molecule has 0 heterocycles. The summed E-state index contributed by atoms with van der Waals surface area (Å²) in [5.41, 5.74) is 0. The molecule has 19 heteroatoms. The number of aliphatic hydroxyl groups excluding tert-OH is 1. The lowest BCUT2D eigenvalue weighted by molar-refractivity contribution is -0.161. The van der Waals surface area contributed by atoms with E-state index in [1.807, 2.05) is 0 Å². The first-order valence-electron chi connectivity index (χ1n) is 34.3. The molecule has 2 unspecified atom stereocenters. The Balaban J connectivity index is 5.28. The van der Waals surface area contributed by atoms with Gasteiger partial charge in [-0.3, -0.25) is 37.3 Å². The molecule has 506 valence electrons. The van der Waals surface area contributed by atoms with Crippen LogP contribution in [-0.2, 0) is 65.4 Å². The fourth-order valence-corrected chi connectivity index (χ4v) is 11.1. The number of allylic oxidation sites excluding steroid dienone is 4. The van der Waals surface area contributed by atoms with E-state index in [0.717, 1.165) is 109 Å². The Kier molecular flexibility index (Phi) is 57.2. The zero-order valence-corrected chi connectivity index (χ0v) is 56.9. The maximum absolute atomic E-state index is 13.0. The molecular formula is C67H126O17P2. The molecule has 0 aliphatic carbocycles. The number of ether oxygens (including phenoxy) is 4. The van der Waals surface area contributed by atoms with Gasteiger partial charge in [-0.05, 0) is 63.2 Å². The van der Waals surface area contributed by atoms with E-state index in [9.17, 15) is 43.2 Å². The summed E-state index contributed by atoms with van der Waals surface area (Å²) in [4.78, 5) is 72.3. The Morgan fingerprint density at radius 3 is 0.953 bits per heavy atom. The zero-order chi connectivity index (χ0) is 63.6. The maximum atomic E-state index is 13.0. The second kappa shape index (κ2) is 58.9. The second-order valence-corrected chi connectivity index (χ2v) is 27.4. The summed E-state index contributed by atoms with van der Waals surface area (Å²) in [6.45, 7) is 9.35. The fourth-order valence-electron chi connectivity index (χ4n) is 9.52. The van der Waals surface area contributed by atoms with Crippen LogP contribution in [0, 0.1) is 11.8 Å². The average molecular weight is 1270 g/mol. The van der Waals surface area contributed by atoms with Gasteiger partial charge in [0, 0.05) is 25.7 Å². The summed E-state index contributed by atoms with van der Waals surface area (Å²) in [7, 11) is -9.90. The third-order valence-electron chi connectivity index (χ3n) is 14.8. The minimum Gasteiger partial charge on any atom is -0.462 e. The summed E-state index contributed by atoms with van der Waals surface area (Å²) in [6.07, 6.45) is 45.4. The van der Waals surface area contributed by atoms with Gasteiger partial charge < -0.3 is 33.8 Å². The molecule has 0 radical (unpaired) electrons. The number of carbonyl (C=O) groups is 4. The number of unbranched alkanes of at least 4 members (excludes halogenated alkanes) is 31. The summed E-state index contributed by atoms with van der Waals surface area (Å²) in [6, 6.07) is 0. The molecule has 0 aromatic heterocycles. The van der Waals surface area contributed by atoms with Crippen LogP contribution in [0.1, 0.15) is 311 Å². The van der Waals surface area contributed by atoms with Gasteiger partial charge in [0.15, 0.2) is 12.2 Å². The number of hydrogen-bond acceptors (Lipinski definition) is 15. The predicted molar refractivity (Wildman–Crippen MR) is 344 cm³/mol. The molecule has 0 fully saturated rings. The van der Waals surface area contributed by atoms with Crippen molar-refractivity contribution in [1.82, 2.24) is 0 Å². The number of aliphatic hydroxyl groups is 1. The van der Waals surface area contributed by atoms with Gasteiger partial charge >= 0.3 is 39.5 Å². The van der Waals surface area contributed by atoms with Crippen LogP contribution < -0.4 is 0 Å². The van der Waals surface area contributed by atoms with Gasteiger partial charge in [0.2, 0.25) is 0 Å². The van der Waals surface area contributed by atoms with Crippen molar-refractivity contribution in [2.45, 2.75) is 330 Å². The molecule has 3 N–H and O–H groups in total. The Morgan fingerprint density at radius 2 is 0.628 bits per heavy atom. The van der Waals surface area contributed by atoms with E-state index in [-0.39, 0.29) is 25.7 Å². The van der Waals surface area contributed by atoms with E-state index < -0.39 is 97.5 Å². The highest BCUT2D eigenvalue weighted by atomic mass is 31.2. The Labute approximate surface area is 522 Å². The lowest BCUT2D eigenvalue weighted by atomic mass is 10.0. The van der Waals surface area contributed by atoms with E-state index in [0.29, 0.717) is 31.6 Å². The quantitative estimate of drug-likeness (QED) is 0.0169. The molecule has 86 heavy (non-hydrogen) atoms. The van der Waals surface area contributed by atoms with Gasteiger partial charge in [-0.25, -0.2) is 9.13 Å². The normalized spacial score (nSPS) is 14.4. The van der Waals surface area contributed by atoms with E-state index in [1.54, 1.807) is 0 Å². The summed E-state index contributed by atoms with van der Waals surface area (Å²) in [5.74, 6) is -0.728. The molecular weight excluding hydrogens is 1140 g/mol. The smallest absolute Gasteiger partial charge is 0.462 e. The highest BCUT2D eigenvalue weighted by Crippen LogP contribution is 2.45. The number of phosphoric ester groups is 2. The summed E-state index contributed by atoms with van der Waals surface area (Å²) >= 11 is 0. The van der Waals surface area contributed by atoms with E-state index >= 15 is 0 Å². The molecule has 0 aromatic rings. The largest absolute Gasteiger partial charge is 0.472 e. The molecule has 0 aromatic carbocycles. The first-order valence-corrected chi connectivity index (χ1v) is 37.3. The topological polar surface area (TPSA) is 237 Å². The predicted octanol–water partition coefficient (Wildman–Crippen LogP) is 18.4. The van der Waals surface area contributed by atoms with Crippen LogP contribution in [0.3, 0.4) is 0 Å². The number of rotatable bonds is 64. The lowest BCUT2D eigenvalue weighted by Gasteiger charge is -2.21. The van der Waals surface area contributed by atoms with Crippen molar-refractivity contribution in [3.8, 4) is 0 Å². The lowest BCUT2D eigenvalue weighted by Crippen LogP contribution is -2.30. The van der Waals surface area contributed by atoms with Crippen LogP contribution in [0.5, 0.6) is 0 Å². The van der Waals surface area contributed by atoms with Gasteiger partial charge in [0.05, 0.1) is 26.4 Å². The molecule has 0 rings (SSSR count). The average Bonchev–Trinajstić information content (AvgIpc) is 3.51. The van der Waals surface area contributed by atoms with Crippen molar-refractivity contribution in [2.75, 3.05) is 39.6 Å². The van der Waals surface area contributed by atoms with E-state index in [1.165, 1.54) is 116 Å². The SMILES string of the molecule is CCCCCC/C=C\C=C/CCCCCCCC(=O)O[C@H](COC(=O)CCCCCCCCCCCC(C)C)COP(=O)(O)OC[C@@H](O)COP(=O)(O)OC[C@@H](COC(=O)CCCCCCCCCCC)OC(=O)CCCCCCCCCC(C)C. The summed E-state index contributed by atoms with van der Waals surface area (Å²) in [5, 5.41) is 10.5. The number of hydrogen-bond donors (Lipinski definition) is 3. The molecule has 0 saturated heterocycles. The minimum absolute atomic E-state index is 0.0843. The third-order valence-corrected chi connectivity index (χ3v) is 16.7. The van der Waals surface area contributed by atoms with Crippen LogP contribution in [0.2, 0.25) is 0 Å². The molecule has 0 saturated carbocycles. The van der Waals surface area contributed by atoms with Gasteiger partial charge in [0.25, 0.3) is 0 Å². The standard InChI is InChI=1S/C67H126O17P2/c1-7-9-11-13-15-17-18-19-20-21-22-26-33-39-45-51-66(71)83-62(55-78-65(70)50-44-38-32-27-23-25-29-35-41-47-59(3)4)57-81-85(73,74)79-53-61(68)54-80-86(75,76)82-58-63(56-77-64(69)49-43-37-31-24-16-14-12-10-8-2)84-67(72)52-46-40-34-28-30-36-42-48-60(5)6/h17-20,59-63,68H,7-16,21-58H2,1-6H3,(H,73,74)(H,75,76)/b18-17-,20-19-/t61-,62-,63-/m1/s1. The number of carbonyl (C=O) groups excluding carboxylic acids is 4. The molecule has 17 nitrogen and oxygen atoms in total. The number of phosphoric acid groups is 2. The highest BCUT2D eigenvalue weighted by Gasteiger charge is 2.30. The van der Waals surface area contributed by atoms with Crippen molar-refractivity contribution in [1.29, 1.82) is 0 Å². The second-order valence-electron chi connectivity index (χ2n) is 24.5. The van der Waals surface area contributed by atoms with Gasteiger partial charge in [-0.1, -0.05) is 258 Å². The Bertz CT molecular complexity index is 1780. The van der Waals surface area contributed by atoms with Crippen LogP contribution in [0.15, 0.2) is 24.3 Å². The maximum Gasteiger partial charge on any atom is 0.472 e. The molecule has 5 atom stereocenters. The number of esters is 4. The van der Waals surface area contributed by atoms with Gasteiger partial charge in [-0.2, -0.15) is 0 Å². The fraction of sp³-hybridized carbons (Fsp3) is 0.881. The molecule has 0 aliphatic heterocycles. The molecule has 0 spiro atoms. The van der Waals surface area contributed by atoms with Crippen molar-refractivity contribution in [2.24, 2.45) is 11.8 Å². The van der Waals surface area contributed by atoms with Crippen molar-refractivity contribution in [3.63, 3.8) is 0 Å². The van der Waals surface area contributed by atoms with Crippen molar-refractivity contribution >= 4 is 39.5 Å². The monoisotopic (exact) mass is 1260 g/mol. The summed E-state index contributed by atoms with van der Waals surface area (Å²) < 4.78 is 68.0. The van der Waals surface area contributed by atoms with Crippen LogP contribution in [0.4, 0.5) is 0 Å². The molecule has 0 bridgehead atoms. The Hall–Kier alpha value is -2.46. The van der Waals surface area contributed by atoms with E-state index in [2.05, 4.69) is 65.8 Å². The Morgan fingerprint density at radius 1 is 0.360 bits per heavy atom. The molecule has 0 amide bonds.